The second-order valence-electron chi connectivity index (χ2n) is 7.16. The number of rotatable bonds is 4. The molecule has 3 heteroatoms. The van der Waals surface area contributed by atoms with Gasteiger partial charge >= 0.3 is 0 Å². The molecule has 1 aromatic carbocycles. The Balaban J connectivity index is 1.87. The van der Waals surface area contributed by atoms with E-state index in [2.05, 4.69) is 41.8 Å². The van der Waals surface area contributed by atoms with Gasteiger partial charge < -0.3 is 10.6 Å². The van der Waals surface area contributed by atoms with Crippen molar-refractivity contribution in [3.05, 3.63) is 35.4 Å². The average Bonchev–Trinajstić information content (AvgIpc) is 2.40. The van der Waals surface area contributed by atoms with E-state index in [-0.39, 0.29) is 11.4 Å². The third-order valence-electron chi connectivity index (χ3n) is 4.05. The van der Waals surface area contributed by atoms with Crippen molar-refractivity contribution >= 4 is 5.91 Å². The first kappa shape index (κ1) is 16.0. The maximum absolute atomic E-state index is 11.8. The normalized spacial score (nSPS) is 21.7. The fraction of sp³-hybridized carbons (Fsp3) is 0.611. The molecule has 1 aliphatic rings. The van der Waals surface area contributed by atoms with Crippen molar-refractivity contribution < 1.29 is 4.79 Å². The van der Waals surface area contributed by atoms with Crippen molar-refractivity contribution in [2.45, 2.75) is 64.5 Å². The van der Waals surface area contributed by atoms with E-state index in [0.717, 1.165) is 13.0 Å². The number of hydrogen-bond donors (Lipinski definition) is 2. The summed E-state index contributed by atoms with van der Waals surface area (Å²) in [6.07, 6.45) is 2.90. The number of carbonyl (C=O) groups excluding carboxylic acids is 1. The Morgan fingerprint density at radius 1 is 1.19 bits per heavy atom. The van der Waals surface area contributed by atoms with Crippen LogP contribution in [0.2, 0.25) is 0 Å². The molecular weight excluding hydrogens is 260 g/mol. The van der Waals surface area contributed by atoms with Crippen LogP contribution >= 0.6 is 0 Å². The molecule has 0 saturated heterocycles. The molecule has 2 unspecified atom stereocenters. The van der Waals surface area contributed by atoms with Gasteiger partial charge in [0.25, 0.3) is 0 Å². The number of benzene rings is 1. The molecule has 0 aromatic heterocycles. The first-order chi connectivity index (χ1) is 9.87. The van der Waals surface area contributed by atoms with Crippen molar-refractivity contribution in [3.63, 3.8) is 0 Å². The Bertz CT molecular complexity index is 490. The van der Waals surface area contributed by atoms with E-state index in [4.69, 9.17) is 0 Å². The largest absolute Gasteiger partial charge is 0.351 e. The summed E-state index contributed by atoms with van der Waals surface area (Å²) in [5.74, 6) is 0.760. The Labute approximate surface area is 128 Å². The summed E-state index contributed by atoms with van der Waals surface area (Å²) < 4.78 is 0. The van der Waals surface area contributed by atoms with Gasteiger partial charge in [-0.2, -0.15) is 0 Å². The van der Waals surface area contributed by atoms with Crippen LogP contribution in [0.4, 0.5) is 0 Å². The molecular formula is C18H28N2O. The predicted molar refractivity (Wildman–Crippen MR) is 87.3 cm³/mol. The molecule has 3 nitrogen and oxygen atoms in total. The highest BCUT2D eigenvalue weighted by molar-refractivity contribution is 5.76. The number of nitrogens with one attached hydrogen (secondary N) is 2. The van der Waals surface area contributed by atoms with Crippen LogP contribution in [0.3, 0.4) is 0 Å². The van der Waals surface area contributed by atoms with Crippen LogP contribution in [0.15, 0.2) is 24.3 Å². The molecule has 116 valence electrons. The lowest BCUT2D eigenvalue weighted by molar-refractivity contribution is -0.122. The minimum absolute atomic E-state index is 0.118. The summed E-state index contributed by atoms with van der Waals surface area (Å²) in [7, 11) is 0. The zero-order valence-electron chi connectivity index (χ0n) is 13.7. The quantitative estimate of drug-likeness (QED) is 0.890. The fourth-order valence-corrected chi connectivity index (χ4v) is 3.06. The molecule has 2 N–H and O–H groups in total. The van der Waals surface area contributed by atoms with Crippen LogP contribution in [0.25, 0.3) is 0 Å². The summed E-state index contributed by atoms with van der Waals surface area (Å²) >= 11 is 0. The van der Waals surface area contributed by atoms with E-state index in [9.17, 15) is 4.79 Å². The molecule has 0 saturated carbocycles. The molecule has 1 amide bonds. The van der Waals surface area contributed by atoms with E-state index >= 15 is 0 Å². The van der Waals surface area contributed by atoms with Gasteiger partial charge in [0.05, 0.1) is 0 Å². The maximum Gasteiger partial charge on any atom is 0.221 e. The van der Waals surface area contributed by atoms with Crippen LogP contribution in [0, 0.1) is 0 Å². The van der Waals surface area contributed by atoms with E-state index in [1.807, 2.05) is 20.8 Å². The van der Waals surface area contributed by atoms with Crippen LogP contribution in [-0.2, 0) is 4.79 Å². The van der Waals surface area contributed by atoms with Gasteiger partial charge in [0, 0.05) is 24.5 Å². The Kier molecular flexibility index (Phi) is 5.04. The highest BCUT2D eigenvalue weighted by Gasteiger charge is 2.24. The third kappa shape index (κ3) is 4.57. The van der Waals surface area contributed by atoms with Gasteiger partial charge in [-0.25, -0.2) is 0 Å². The highest BCUT2D eigenvalue weighted by Crippen LogP contribution is 2.36. The second kappa shape index (κ2) is 6.61. The smallest absolute Gasteiger partial charge is 0.221 e. The summed E-state index contributed by atoms with van der Waals surface area (Å²) in [4.78, 5) is 11.8. The van der Waals surface area contributed by atoms with Crippen LogP contribution in [0.1, 0.15) is 70.0 Å². The zero-order chi connectivity index (χ0) is 15.5. The molecule has 2 rings (SSSR count). The van der Waals surface area contributed by atoms with Crippen LogP contribution in [-0.4, -0.2) is 18.0 Å². The SMILES string of the molecule is CC1CCC(NCCC(=O)NC(C)(C)C)c2ccccc21. The van der Waals surface area contributed by atoms with E-state index < -0.39 is 0 Å². The van der Waals surface area contributed by atoms with Crippen LogP contribution in [0.5, 0.6) is 0 Å². The number of fused-ring (bicyclic) bond motifs is 1. The van der Waals surface area contributed by atoms with E-state index in [1.165, 1.54) is 17.5 Å². The first-order valence-corrected chi connectivity index (χ1v) is 8.00. The number of amides is 1. The summed E-state index contributed by atoms with van der Waals surface area (Å²) in [6.45, 7) is 9.06. The first-order valence-electron chi connectivity index (χ1n) is 8.00. The molecule has 0 radical (unpaired) electrons. The van der Waals surface area contributed by atoms with Crippen molar-refractivity contribution in [1.29, 1.82) is 0 Å². The molecule has 0 heterocycles. The molecule has 0 spiro atoms. The fourth-order valence-electron chi connectivity index (χ4n) is 3.06. The Morgan fingerprint density at radius 3 is 2.52 bits per heavy atom. The summed E-state index contributed by atoms with van der Waals surface area (Å²) in [5.41, 5.74) is 2.72. The van der Waals surface area contributed by atoms with Gasteiger partial charge in [-0.3, -0.25) is 4.79 Å². The number of hydrogen-bond acceptors (Lipinski definition) is 2. The lowest BCUT2D eigenvalue weighted by Gasteiger charge is -2.30. The lowest BCUT2D eigenvalue weighted by Crippen LogP contribution is -2.41. The van der Waals surface area contributed by atoms with Crippen molar-refractivity contribution in [1.82, 2.24) is 10.6 Å². The van der Waals surface area contributed by atoms with Crippen molar-refractivity contribution in [2.75, 3.05) is 6.54 Å². The lowest BCUT2D eigenvalue weighted by atomic mass is 9.81. The predicted octanol–water partition coefficient (Wildman–Crippen LogP) is 3.52. The molecule has 2 atom stereocenters. The maximum atomic E-state index is 11.8. The van der Waals surface area contributed by atoms with Crippen molar-refractivity contribution in [2.24, 2.45) is 0 Å². The third-order valence-corrected chi connectivity index (χ3v) is 4.05. The number of carbonyl (C=O) groups is 1. The topological polar surface area (TPSA) is 41.1 Å². The molecule has 21 heavy (non-hydrogen) atoms. The molecule has 0 bridgehead atoms. The summed E-state index contributed by atoms with van der Waals surface area (Å²) in [5, 5.41) is 6.56. The Hall–Kier alpha value is -1.35. The van der Waals surface area contributed by atoms with Crippen LogP contribution < -0.4 is 10.6 Å². The average molecular weight is 288 g/mol. The minimum Gasteiger partial charge on any atom is -0.351 e. The second-order valence-corrected chi connectivity index (χ2v) is 7.16. The van der Waals surface area contributed by atoms with Gasteiger partial charge in [0.1, 0.15) is 0 Å². The molecule has 0 fully saturated rings. The van der Waals surface area contributed by atoms with Gasteiger partial charge in [-0.05, 0) is 50.7 Å². The van der Waals surface area contributed by atoms with Gasteiger partial charge in [0.2, 0.25) is 5.91 Å². The standard InChI is InChI=1S/C18H28N2O/c1-13-9-10-16(15-8-6-5-7-14(13)15)19-12-11-17(21)20-18(2,3)4/h5-8,13,16,19H,9-12H2,1-4H3,(H,20,21). The van der Waals surface area contributed by atoms with Crippen molar-refractivity contribution in [3.8, 4) is 0 Å². The van der Waals surface area contributed by atoms with Gasteiger partial charge in [-0.1, -0.05) is 31.2 Å². The highest BCUT2D eigenvalue weighted by atomic mass is 16.1. The molecule has 1 aromatic rings. The minimum atomic E-state index is -0.149. The Morgan fingerprint density at radius 2 is 1.86 bits per heavy atom. The monoisotopic (exact) mass is 288 g/mol. The van der Waals surface area contributed by atoms with E-state index in [0.29, 0.717) is 18.4 Å². The summed E-state index contributed by atoms with van der Waals surface area (Å²) in [6, 6.07) is 9.07. The molecule has 1 aliphatic carbocycles. The van der Waals surface area contributed by atoms with E-state index in [1.54, 1.807) is 0 Å². The van der Waals surface area contributed by atoms with Gasteiger partial charge in [-0.15, -0.1) is 0 Å². The zero-order valence-corrected chi connectivity index (χ0v) is 13.7. The van der Waals surface area contributed by atoms with Gasteiger partial charge in [0.15, 0.2) is 0 Å². The molecule has 0 aliphatic heterocycles.